The maximum Gasteiger partial charge on any atom is 0.158 e. The van der Waals surface area contributed by atoms with Crippen LogP contribution in [-0.4, -0.2) is 48.2 Å². The molecular formula is C20H21F2N5O2S. The summed E-state index contributed by atoms with van der Waals surface area (Å²) in [5.74, 6) is -0.658. The van der Waals surface area contributed by atoms with Gasteiger partial charge in [0.05, 0.1) is 40.6 Å². The van der Waals surface area contributed by atoms with Crippen LogP contribution in [0.5, 0.6) is 0 Å². The first kappa shape index (κ1) is 20.4. The van der Waals surface area contributed by atoms with E-state index in [0.29, 0.717) is 41.1 Å². The molecule has 0 unspecified atom stereocenters. The molecule has 158 valence electrons. The van der Waals surface area contributed by atoms with Crippen LogP contribution in [0, 0.1) is 18.6 Å². The Bertz CT molecular complexity index is 1210. The fraction of sp³-hybridized carbons (Fsp3) is 0.350. The molecule has 3 aromatic rings. The summed E-state index contributed by atoms with van der Waals surface area (Å²) in [5, 5.41) is 12.2. The zero-order chi connectivity index (χ0) is 21.5. The number of pyridine rings is 1. The summed E-state index contributed by atoms with van der Waals surface area (Å²) in [4.78, 5) is 6.47. The van der Waals surface area contributed by atoms with Crippen LogP contribution in [0.15, 0.2) is 30.5 Å². The van der Waals surface area contributed by atoms with Gasteiger partial charge in [0, 0.05) is 30.1 Å². The van der Waals surface area contributed by atoms with E-state index >= 15 is 0 Å². The van der Waals surface area contributed by atoms with Gasteiger partial charge in [-0.3, -0.25) is 4.98 Å². The normalized spacial score (nSPS) is 17.1. The predicted molar refractivity (Wildman–Crippen MR) is 111 cm³/mol. The molecule has 30 heavy (non-hydrogen) atoms. The lowest BCUT2D eigenvalue weighted by molar-refractivity contribution is 0.566. The van der Waals surface area contributed by atoms with Gasteiger partial charge in [0.1, 0.15) is 11.6 Å². The van der Waals surface area contributed by atoms with Gasteiger partial charge in [-0.15, -0.1) is 5.10 Å². The number of halogens is 2. The molecule has 2 aromatic heterocycles. The van der Waals surface area contributed by atoms with Gasteiger partial charge >= 0.3 is 0 Å². The van der Waals surface area contributed by atoms with Crippen LogP contribution in [-0.2, 0) is 9.84 Å². The number of anilines is 2. The summed E-state index contributed by atoms with van der Waals surface area (Å²) >= 11 is 0. The second-order valence-corrected chi connectivity index (χ2v) is 9.70. The van der Waals surface area contributed by atoms with E-state index in [1.807, 2.05) is 11.0 Å². The number of sulfone groups is 1. The van der Waals surface area contributed by atoms with E-state index in [4.69, 9.17) is 0 Å². The van der Waals surface area contributed by atoms with Crippen LogP contribution < -0.4 is 10.2 Å². The molecule has 1 saturated heterocycles. The molecule has 1 N–H and O–H groups in total. The highest BCUT2D eigenvalue weighted by molar-refractivity contribution is 7.91. The molecule has 3 heterocycles. The SMILES string of the molecule is Cc1nnc(N[C@H](C)c2ccc(F)cc2F)c2cc(N3CCS(=O)(=O)CC3)cnc12. The second-order valence-electron chi connectivity index (χ2n) is 7.39. The maximum atomic E-state index is 14.2. The molecular weight excluding hydrogens is 412 g/mol. The average Bonchev–Trinajstić information content (AvgIpc) is 2.70. The highest BCUT2D eigenvalue weighted by Gasteiger charge is 2.23. The van der Waals surface area contributed by atoms with Gasteiger partial charge in [0.25, 0.3) is 0 Å². The van der Waals surface area contributed by atoms with Crippen LogP contribution >= 0.6 is 0 Å². The number of aromatic nitrogens is 3. The third kappa shape index (κ3) is 4.04. The smallest absolute Gasteiger partial charge is 0.158 e. The second kappa shape index (κ2) is 7.75. The standard InChI is InChI=1S/C20H21F2N5O2S/c1-12(16-4-3-14(21)9-18(16)22)24-20-17-10-15(11-23-19(17)13(2)25-26-20)27-5-7-30(28,29)8-6-27/h3-4,9-12H,5-8H2,1-2H3,(H,24,26)/t12-/m1/s1. The van der Waals surface area contributed by atoms with Gasteiger partial charge in [-0.2, -0.15) is 5.10 Å². The first-order chi connectivity index (χ1) is 14.2. The lowest BCUT2D eigenvalue weighted by atomic mass is 10.1. The van der Waals surface area contributed by atoms with E-state index in [1.165, 1.54) is 12.1 Å². The number of hydrogen-bond donors (Lipinski definition) is 1. The van der Waals surface area contributed by atoms with Crippen LogP contribution in [0.3, 0.4) is 0 Å². The van der Waals surface area contributed by atoms with Gasteiger partial charge in [0.15, 0.2) is 15.7 Å². The summed E-state index contributed by atoms with van der Waals surface area (Å²) in [6.07, 6.45) is 1.70. The molecule has 1 atom stereocenters. The van der Waals surface area contributed by atoms with Crippen LogP contribution in [0.4, 0.5) is 20.3 Å². The molecule has 0 saturated carbocycles. The van der Waals surface area contributed by atoms with Crippen LogP contribution in [0.1, 0.15) is 24.2 Å². The third-order valence-electron chi connectivity index (χ3n) is 5.26. The monoisotopic (exact) mass is 433 g/mol. The van der Waals surface area contributed by atoms with Crippen molar-refractivity contribution < 1.29 is 17.2 Å². The van der Waals surface area contributed by atoms with E-state index in [-0.39, 0.29) is 11.5 Å². The molecule has 0 bridgehead atoms. The first-order valence-electron chi connectivity index (χ1n) is 9.53. The Morgan fingerprint density at radius 2 is 1.87 bits per heavy atom. The molecule has 1 aromatic carbocycles. The lowest BCUT2D eigenvalue weighted by Crippen LogP contribution is -2.40. The van der Waals surface area contributed by atoms with Gasteiger partial charge in [-0.05, 0) is 26.0 Å². The molecule has 7 nitrogen and oxygen atoms in total. The van der Waals surface area contributed by atoms with Crippen molar-refractivity contribution in [1.82, 2.24) is 15.2 Å². The Balaban J connectivity index is 1.68. The molecule has 1 aliphatic heterocycles. The number of fused-ring (bicyclic) bond motifs is 1. The molecule has 0 spiro atoms. The summed E-state index contributed by atoms with van der Waals surface area (Å²) in [6, 6.07) is 4.84. The highest BCUT2D eigenvalue weighted by atomic mass is 32.2. The Labute approximate surface area is 173 Å². The highest BCUT2D eigenvalue weighted by Crippen LogP contribution is 2.29. The van der Waals surface area contributed by atoms with Crippen molar-refractivity contribution in [2.24, 2.45) is 0 Å². The number of benzene rings is 1. The van der Waals surface area contributed by atoms with Crippen molar-refractivity contribution in [1.29, 1.82) is 0 Å². The van der Waals surface area contributed by atoms with E-state index in [0.717, 1.165) is 11.8 Å². The zero-order valence-corrected chi connectivity index (χ0v) is 17.4. The summed E-state index contributed by atoms with van der Waals surface area (Å²) < 4.78 is 50.8. The Morgan fingerprint density at radius 3 is 2.57 bits per heavy atom. The fourth-order valence-electron chi connectivity index (χ4n) is 3.53. The molecule has 1 fully saturated rings. The number of rotatable bonds is 4. The minimum atomic E-state index is -2.99. The van der Waals surface area contributed by atoms with E-state index < -0.39 is 27.5 Å². The largest absolute Gasteiger partial charge is 0.368 e. The fourth-order valence-corrected chi connectivity index (χ4v) is 4.74. The minimum absolute atomic E-state index is 0.102. The molecule has 0 aliphatic carbocycles. The van der Waals surface area contributed by atoms with E-state index in [1.54, 1.807) is 20.0 Å². The van der Waals surface area contributed by atoms with Gasteiger partial charge in [-0.25, -0.2) is 17.2 Å². The van der Waals surface area contributed by atoms with E-state index in [9.17, 15) is 17.2 Å². The molecule has 1 aliphatic rings. The van der Waals surface area contributed by atoms with E-state index in [2.05, 4.69) is 20.5 Å². The molecule has 0 amide bonds. The van der Waals surface area contributed by atoms with Crippen molar-refractivity contribution in [3.63, 3.8) is 0 Å². The van der Waals surface area contributed by atoms with Crippen molar-refractivity contribution in [2.45, 2.75) is 19.9 Å². The van der Waals surface area contributed by atoms with Crippen molar-refractivity contribution in [2.75, 3.05) is 34.8 Å². The number of nitrogens with one attached hydrogen (secondary N) is 1. The van der Waals surface area contributed by atoms with Gasteiger partial charge < -0.3 is 10.2 Å². The Kier molecular flexibility index (Phi) is 5.27. The maximum absolute atomic E-state index is 14.2. The average molecular weight is 433 g/mol. The number of nitrogens with zero attached hydrogens (tertiary/aromatic N) is 4. The summed E-state index contributed by atoms with van der Waals surface area (Å²) in [5.41, 5.74) is 2.38. The lowest BCUT2D eigenvalue weighted by Gasteiger charge is -2.28. The number of hydrogen-bond acceptors (Lipinski definition) is 7. The van der Waals surface area contributed by atoms with Crippen molar-refractivity contribution >= 4 is 32.2 Å². The van der Waals surface area contributed by atoms with Crippen molar-refractivity contribution in [3.05, 3.63) is 53.4 Å². The molecule has 10 heteroatoms. The summed E-state index contributed by atoms with van der Waals surface area (Å²) in [7, 11) is -2.99. The summed E-state index contributed by atoms with van der Waals surface area (Å²) in [6.45, 7) is 4.33. The first-order valence-corrected chi connectivity index (χ1v) is 11.4. The van der Waals surface area contributed by atoms with Gasteiger partial charge in [0.2, 0.25) is 0 Å². The third-order valence-corrected chi connectivity index (χ3v) is 6.87. The quantitative estimate of drug-likeness (QED) is 0.677. The zero-order valence-electron chi connectivity index (χ0n) is 16.6. The minimum Gasteiger partial charge on any atom is -0.368 e. The predicted octanol–water partition coefficient (Wildman–Crippen LogP) is 3.02. The number of aryl methyl sites for hydroxylation is 1. The van der Waals surface area contributed by atoms with Gasteiger partial charge in [-0.1, -0.05) is 6.07 Å². The Morgan fingerprint density at radius 1 is 1.13 bits per heavy atom. The molecule has 4 rings (SSSR count). The topological polar surface area (TPSA) is 88.1 Å². The molecule has 0 radical (unpaired) electrons. The Hall–Kier alpha value is -2.88. The van der Waals surface area contributed by atoms with Crippen LogP contribution in [0.2, 0.25) is 0 Å². The van der Waals surface area contributed by atoms with Crippen molar-refractivity contribution in [3.8, 4) is 0 Å². The van der Waals surface area contributed by atoms with Crippen LogP contribution in [0.25, 0.3) is 10.9 Å².